The highest BCUT2D eigenvalue weighted by Gasteiger charge is 2.26. The summed E-state index contributed by atoms with van der Waals surface area (Å²) in [5.74, 6) is 0.143. The zero-order chi connectivity index (χ0) is 13.4. The number of ether oxygens (including phenoxy) is 1. The number of carbonyl (C=O) groups excluding carboxylic acids is 1. The highest BCUT2D eigenvalue weighted by Crippen LogP contribution is 2.17. The summed E-state index contributed by atoms with van der Waals surface area (Å²) in [7, 11) is 0. The summed E-state index contributed by atoms with van der Waals surface area (Å²) in [5, 5.41) is 7.34. The van der Waals surface area contributed by atoms with E-state index in [1.807, 2.05) is 13.0 Å². The molecular formula is C12H15N5O2. The summed E-state index contributed by atoms with van der Waals surface area (Å²) in [5.41, 5.74) is 7.79. The van der Waals surface area contributed by atoms with Crippen molar-refractivity contribution in [2.75, 3.05) is 25.4 Å². The van der Waals surface area contributed by atoms with Gasteiger partial charge in [-0.05, 0) is 6.92 Å². The van der Waals surface area contributed by atoms with Crippen LogP contribution in [0.4, 0.5) is 5.82 Å². The number of hydrogen-bond donors (Lipinski definition) is 2. The van der Waals surface area contributed by atoms with E-state index in [0.717, 1.165) is 12.2 Å². The molecule has 2 aromatic heterocycles. The first-order valence-corrected chi connectivity index (χ1v) is 6.14. The van der Waals surface area contributed by atoms with Crippen molar-refractivity contribution in [2.45, 2.75) is 13.0 Å². The minimum atomic E-state index is -0.507. The SMILES string of the molecule is Cc1cc2ncc(C(=O)C3CNCCO3)c(N)n2n1. The molecule has 2 aromatic rings. The third kappa shape index (κ3) is 2.06. The van der Waals surface area contributed by atoms with E-state index < -0.39 is 6.10 Å². The van der Waals surface area contributed by atoms with Crippen molar-refractivity contribution in [3.63, 3.8) is 0 Å². The molecule has 1 fully saturated rings. The number of nitrogens with zero attached hydrogens (tertiary/aromatic N) is 3. The number of carbonyl (C=O) groups is 1. The summed E-state index contributed by atoms with van der Waals surface area (Å²) in [6, 6.07) is 1.81. The van der Waals surface area contributed by atoms with Crippen LogP contribution in [-0.2, 0) is 4.74 Å². The largest absolute Gasteiger partial charge is 0.383 e. The molecule has 0 bridgehead atoms. The van der Waals surface area contributed by atoms with E-state index in [9.17, 15) is 4.79 Å². The van der Waals surface area contributed by atoms with Gasteiger partial charge in [-0.3, -0.25) is 4.79 Å². The Hall–Kier alpha value is -1.99. The van der Waals surface area contributed by atoms with Crippen LogP contribution >= 0.6 is 0 Å². The Labute approximate surface area is 109 Å². The van der Waals surface area contributed by atoms with Crippen molar-refractivity contribution < 1.29 is 9.53 Å². The summed E-state index contributed by atoms with van der Waals surface area (Å²) in [4.78, 5) is 16.5. The Morgan fingerprint density at radius 3 is 3.21 bits per heavy atom. The van der Waals surface area contributed by atoms with Crippen molar-refractivity contribution in [3.05, 3.63) is 23.5 Å². The quantitative estimate of drug-likeness (QED) is 0.726. The van der Waals surface area contributed by atoms with Crippen LogP contribution in [0.15, 0.2) is 12.3 Å². The van der Waals surface area contributed by atoms with Crippen LogP contribution < -0.4 is 11.1 Å². The summed E-state index contributed by atoms with van der Waals surface area (Å²) < 4.78 is 6.93. The van der Waals surface area contributed by atoms with Crippen LogP contribution in [0.5, 0.6) is 0 Å². The number of anilines is 1. The van der Waals surface area contributed by atoms with E-state index in [2.05, 4.69) is 15.4 Å². The number of nitrogen functional groups attached to an aromatic ring is 1. The average molecular weight is 261 g/mol. The second-order valence-electron chi connectivity index (χ2n) is 4.54. The van der Waals surface area contributed by atoms with E-state index in [-0.39, 0.29) is 5.78 Å². The average Bonchev–Trinajstić information content (AvgIpc) is 2.81. The molecule has 1 saturated heterocycles. The third-order valence-electron chi connectivity index (χ3n) is 3.13. The predicted octanol–water partition coefficient (Wildman–Crippen LogP) is -0.209. The number of nitrogens with two attached hydrogens (primary N) is 1. The standard InChI is InChI=1S/C12H15N5O2/c1-7-4-10-15-5-8(12(13)17(10)16-7)11(18)9-6-14-2-3-19-9/h4-5,9,14H,2-3,6,13H2,1H3. The van der Waals surface area contributed by atoms with Gasteiger partial charge in [-0.2, -0.15) is 9.61 Å². The molecule has 7 heteroatoms. The first-order chi connectivity index (χ1) is 9.16. The fourth-order valence-electron chi connectivity index (χ4n) is 2.16. The Kier molecular flexibility index (Phi) is 2.92. The van der Waals surface area contributed by atoms with Gasteiger partial charge < -0.3 is 15.8 Å². The lowest BCUT2D eigenvalue weighted by Gasteiger charge is -2.22. The number of nitrogens with one attached hydrogen (secondary N) is 1. The highest BCUT2D eigenvalue weighted by molar-refractivity contribution is 6.03. The van der Waals surface area contributed by atoms with Gasteiger partial charge in [-0.25, -0.2) is 4.98 Å². The Bertz CT molecular complexity index is 630. The van der Waals surface area contributed by atoms with Gasteiger partial charge in [-0.1, -0.05) is 0 Å². The first kappa shape index (κ1) is 12.1. The molecule has 1 aliphatic rings. The van der Waals surface area contributed by atoms with Gasteiger partial charge >= 0.3 is 0 Å². The van der Waals surface area contributed by atoms with Crippen LogP contribution in [0, 0.1) is 6.92 Å². The smallest absolute Gasteiger partial charge is 0.198 e. The molecule has 3 rings (SSSR count). The Morgan fingerprint density at radius 1 is 1.63 bits per heavy atom. The molecule has 0 aliphatic carbocycles. The molecule has 3 heterocycles. The van der Waals surface area contributed by atoms with Gasteiger partial charge in [0.2, 0.25) is 0 Å². The number of fused-ring (bicyclic) bond motifs is 1. The van der Waals surface area contributed by atoms with Crippen LogP contribution in [0.25, 0.3) is 5.65 Å². The van der Waals surface area contributed by atoms with Gasteiger partial charge in [0.15, 0.2) is 11.4 Å². The number of hydrogen-bond acceptors (Lipinski definition) is 6. The zero-order valence-electron chi connectivity index (χ0n) is 10.6. The molecule has 7 nitrogen and oxygen atoms in total. The fraction of sp³-hybridized carbons (Fsp3) is 0.417. The van der Waals surface area contributed by atoms with Crippen molar-refractivity contribution in [1.29, 1.82) is 0 Å². The molecule has 3 N–H and O–H groups in total. The maximum absolute atomic E-state index is 12.3. The molecule has 1 unspecified atom stereocenters. The lowest BCUT2D eigenvalue weighted by molar-refractivity contribution is 0.0269. The summed E-state index contributed by atoms with van der Waals surface area (Å²) in [6.45, 7) is 3.62. The number of ketones is 1. The fourth-order valence-corrected chi connectivity index (χ4v) is 2.16. The summed E-state index contributed by atoms with van der Waals surface area (Å²) in [6.07, 6.45) is 0.985. The number of aryl methyl sites for hydroxylation is 1. The number of morpholine rings is 1. The molecule has 100 valence electrons. The number of aromatic nitrogens is 3. The molecule has 1 atom stereocenters. The molecule has 0 radical (unpaired) electrons. The monoisotopic (exact) mass is 261 g/mol. The van der Waals surface area contributed by atoms with Gasteiger partial charge in [0.05, 0.1) is 17.9 Å². The second-order valence-corrected chi connectivity index (χ2v) is 4.54. The Balaban J connectivity index is 1.99. The molecule has 1 aliphatic heterocycles. The molecular weight excluding hydrogens is 246 g/mol. The minimum absolute atomic E-state index is 0.160. The van der Waals surface area contributed by atoms with Gasteiger partial charge in [0, 0.05) is 25.4 Å². The minimum Gasteiger partial charge on any atom is -0.383 e. The van der Waals surface area contributed by atoms with Crippen molar-refractivity contribution >= 4 is 17.2 Å². The first-order valence-electron chi connectivity index (χ1n) is 6.14. The lowest BCUT2D eigenvalue weighted by Crippen LogP contribution is -2.43. The normalized spacial score (nSPS) is 19.7. The van der Waals surface area contributed by atoms with Crippen molar-refractivity contribution in [1.82, 2.24) is 19.9 Å². The van der Waals surface area contributed by atoms with Gasteiger partial charge in [0.25, 0.3) is 0 Å². The van der Waals surface area contributed by atoms with Crippen LogP contribution in [0.1, 0.15) is 16.1 Å². The Morgan fingerprint density at radius 2 is 2.47 bits per heavy atom. The van der Waals surface area contributed by atoms with Crippen LogP contribution in [-0.4, -0.2) is 46.2 Å². The molecule has 0 amide bonds. The zero-order valence-corrected chi connectivity index (χ0v) is 10.6. The van der Waals surface area contributed by atoms with Gasteiger partial charge in [0.1, 0.15) is 11.9 Å². The highest BCUT2D eigenvalue weighted by atomic mass is 16.5. The van der Waals surface area contributed by atoms with Crippen LogP contribution in [0.2, 0.25) is 0 Å². The number of rotatable bonds is 2. The van der Waals surface area contributed by atoms with Crippen molar-refractivity contribution in [3.8, 4) is 0 Å². The summed E-state index contributed by atoms with van der Waals surface area (Å²) >= 11 is 0. The van der Waals surface area contributed by atoms with E-state index in [1.165, 1.54) is 10.7 Å². The molecule has 0 spiro atoms. The van der Waals surface area contributed by atoms with E-state index in [1.54, 1.807) is 0 Å². The van der Waals surface area contributed by atoms with Crippen LogP contribution in [0.3, 0.4) is 0 Å². The lowest BCUT2D eigenvalue weighted by atomic mass is 10.1. The maximum atomic E-state index is 12.3. The molecule has 19 heavy (non-hydrogen) atoms. The third-order valence-corrected chi connectivity index (χ3v) is 3.13. The van der Waals surface area contributed by atoms with E-state index in [0.29, 0.717) is 30.2 Å². The van der Waals surface area contributed by atoms with E-state index >= 15 is 0 Å². The van der Waals surface area contributed by atoms with E-state index in [4.69, 9.17) is 10.5 Å². The molecule has 0 aromatic carbocycles. The van der Waals surface area contributed by atoms with Gasteiger partial charge in [-0.15, -0.1) is 0 Å². The number of Topliss-reactive ketones (excluding diaryl/α,β-unsaturated/α-hetero) is 1. The predicted molar refractivity (Wildman–Crippen MR) is 69.1 cm³/mol. The van der Waals surface area contributed by atoms with Crippen molar-refractivity contribution in [2.24, 2.45) is 0 Å². The molecule has 0 saturated carbocycles. The maximum Gasteiger partial charge on any atom is 0.198 e. The second kappa shape index (κ2) is 4.60. The topological polar surface area (TPSA) is 94.5 Å².